The number of pyridine rings is 1. The van der Waals surface area contributed by atoms with Gasteiger partial charge in [-0.2, -0.15) is 0 Å². The van der Waals surface area contributed by atoms with Gasteiger partial charge in [0.2, 0.25) is 0 Å². The van der Waals surface area contributed by atoms with Crippen LogP contribution in [0.25, 0.3) is 0 Å². The fourth-order valence-electron chi connectivity index (χ4n) is 3.55. The second-order valence-electron chi connectivity index (χ2n) is 7.01. The number of carbonyl (C=O) groups excluding carboxylic acids is 1. The number of rotatable bonds is 2. The molecule has 0 aliphatic carbocycles. The summed E-state index contributed by atoms with van der Waals surface area (Å²) in [5.41, 5.74) is 1.94. The van der Waals surface area contributed by atoms with Crippen molar-refractivity contribution in [2.45, 2.75) is 6.42 Å². The summed E-state index contributed by atoms with van der Waals surface area (Å²) in [6.45, 7) is 2.57. The number of aromatic nitrogens is 1. The average molecular weight is 323 g/mol. The molecule has 1 fully saturated rings. The lowest BCUT2D eigenvalue weighted by molar-refractivity contribution is 0.0818. The first kappa shape index (κ1) is 15.0. The highest BCUT2D eigenvalue weighted by atomic mass is 16.5. The van der Waals surface area contributed by atoms with Gasteiger partial charge in [-0.1, -0.05) is 24.3 Å². The zero-order valence-electron chi connectivity index (χ0n) is 14.0. The largest absolute Gasteiger partial charge is 0.493 e. The third-order valence-corrected chi connectivity index (χ3v) is 4.81. The number of amides is 1. The Bertz CT molecular complexity index is 782. The Morgan fingerprint density at radius 3 is 2.75 bits per heavy atom. The fourth-order valence-corrected chi connectivity index (χ4v) is 3.55. The molecule has 3 heterocycles. The van der Waals surface area contributed by atoms with E-state index in [4.69, 9.17) is 4.74 Å². The molecule has 2 aliphatic heterocycles. The molecule has 1 aromatic heterocycles. The molecule has 0 unspecified atom stereocenters. The summed E-state index contributed by atoms with van der Waals surface area (Å²) < 4.78 is 5.95. The molecule has 0 atom stereocenters. The molecule has 124 valence electrons. The molecule has 2 aliphatic rings. The number of carbonyl (C=O) groups is 1. The summed E-state index contributed by atoms with van der Waals surface area (Å²) in [5.74, 6) is 1.81. The van der Waals surface area contributed by atoms with Crippen LogP contribution >= 0.6 is 0 Å². The Labute approximate surface area is 141 Å². The molecule has 1 saturated heterocycles. The molecule has 1 amide bonds. The Kier molecular flexibility index (Phi) is 3.44. The van der Waals surface area contributed by atoms with E-state index in [0.717, 1.165) is 37.7 Å². The molecule has 1 spiro atoms. The van der Waals surface area contributed by atoms with Crippen LogP contribution in [0.4, 0.5) is 5.82 Å². The summed E-state index contributed by atoms with van der Waals surface area (Å²) in [6.07, 6.45) is 1.04. The van der Waals surface area contributed by atoms with Gasteiger partial charge in [0.15, 0.2) is 0 Å². The van der Waals surface area contributed by atoms with E-state index in [9.17, 15) is 4.79 Å². The van der Waals surface area contributed by atoms with Crippen molar-refractivity contribution >= 4 is 11.7 Å². The summed E-state index contributed by atoms with van der Waals surface area (Å²) in [6, 6.07) is 13.9. The number of hydrogen-bond donors (Lipinski definition) is 0. The van der Waals surface area contributed by atoms with Crippen molar-refractivity contribution in [3.05, 3.63) is 53.7 Å². The minimum Gasteiger partial charge on any atom is -0.493 e. The van der Waals surface area contributed by atoms with Gasteiger partial charge in [0.25, 0.3) is 5.91 Å². The molecule has 0 radical (unpaired) electrons. The molecule has 24 heavy (non-hydrogen) atoms. The lowest BCUT2D eigenvalue weighted by Crippen LogP contribution is -2.61. The Morgan fingerprint density at radius 2 is 1.96 bits per heavy atom. The molecule has 0 bridgehead atoms. The van der Waals surface area contributed by atoms with Crippen molar-refractivity contribution in [1.82, 2.24) is 9.88 Å². The zero-order valence-corrected chi connectivity index (χ0v) is 14.0. The van der Waals surface area contributed by atoms with Crippen LogP contribution in [0.5, 0.6) is 5.75 Å². The molecule has 5 heteroatoms. The van der Waals surface area contributed by atoms with Crippen LogP contribution in [0.15, 0.2) is 42.5 Å². The van der Waals surface area contributed by atoms with Gasteiger partial charge in [0.05, 0.1) is 6.61 Å². The average Bonchev–Trinajstić information content (AvgIpc) is 2.58. The van der Waals surface area contributed by atoms with Crippen LogP contribution in [-0.2, 0) is 6.42 Å². The van der Waals surface area contributed by atoms with Gasteiger partial charge in [0, 0.05) is 32.6 Å². The van der Waals surface area contributed by atoms with Crippen LogP contribution in [0.2, 0.25) is 0 Å². The van der Waals surface area contributed by atoms with Crippen LogP contribution in [0.3, 0.4) is 0 Å². The molecule has 2 aromatic rings. The number of hydrogen-bond acceptors (Lipinski definition) is 4. The van der Waals surface area contributed by atoms with Crippen molar-refractivity contribution in [2.24, 2.45) is 5.41 Å². The smallest absolute Gasteiger partial charge is 0.272 e. The quantitative estimate of drug-likeness (QED) is 0.850. The molecular formula is C19H21N3O2. The molecule has 0 saturated carbocycles. The maximum Gasteiger partial charge on any atom is 0.272 e. The van der Waals surface area contributed by atoms with Gasteiger partial charge in [-0.3, -0.25) is 4.79 Å². The summed E-state index contributed by atoms with van der Waals surface area (Å²) in [7, 11) is 3.48. The summed E-state index contributed by atoms with van der Waals surface area (Å²) in [4.78, 5) is 20.4. The predicted octanol–water partition coefficient (Wildman–Crippen LogP) is 2.22. The van der Waals surface area contributed by atoms with Gasteiger partial charge in [0.1, 0.15) is 17.3 Å². The van der Waals surface area contributed by atoms with E-state index in [0.29, 0.717) is 5.69 Å². The third-order valence-electron chi connectivity index (χ3n) is 4.81. The van der Waals surface area contributed by atoms with Crippen LogP contribution < -0.4 is 9.64 Å². The van der Waals surface area contributed by atoms with E-state index in [1.54, 1.807) is 25.1 Å². The first-order valence-electron chi connectivity index (χ1n) is 8.21. The first-order valence-corrected chi connectivity index (χ1v) is 8.21. The van der Waals surface area contributed by atoms with E-state index < -0.39 is 0 Å². The first-order chi connectivity index (χ1) is 11.6. The molecule has 5 nitrogen and oxygen atoms in total. The minimum atomic E-state index is -0.0676. The Morgan fingerprint density at radius 1 is 1.17 bits per heavy atom. The van der Waals surface area contributed by atoms with Gasteiger partial charge in [-0.15, -0.1) is 0 Å². The van der Waals surface area contributed by atoms with Gasteiger partial charge < -0.3 is 14.5 Å². The van der Waals surface area contributed by atoms with Crippen molar-refractivity contribution in [1.29, 1.82) is 0 Å². The van der Waals surface area contributed by atoms with Crippen molar-refractivity contribution in [3.63, 3.8) is 0 Å². The van der Waals surface area contributed by atoms with E-state index in [1.165, 1.54) is 5.56 Å². The lowest BCUT2D eigenvalue weighted by Gasteiger charge is -2.52. The Hall–Kier alpha value is -2.56. The predicted molar refractivity (Wildman–Crippen MR) is 92.5 cm³/mol. The number of benzene rings is 1. The molecule has 0 N–H and O–H groups in total. The topological polar surface area (TPSA) is 45.7 Å². The zero-order chi connectivity index (χ0) is 16.7. The van der Waals surface area contributed by atoms with Gasteiger partial charge in [-0.25, -0.2) is 4.98 Å². The lowest BCUT2D eigenvalue weighted by atomic mass is 9.74. The molecular weight excluding hydrogens is 302 g/mol. The van der Waals surface area contributed by atoms with E-state index >= 15 is 0 Å². The maximum absolute atomic E-state index is 12.1. The fraction of sp³-hybridized carbons (Fsp3) is 0.368. The second-order valence-corrected chi connectivity index (χ2v) is 7.01. The van der Waals surface area contributed by atoms with Crippen molar-refractivity contribution in [3.8, 4) is 5.75 Å². The van der Waals surface area contributed by atoms with Gasteiger partial charge in [-0.05, 0) is 30.2 Å². The minimum absolute atomic E-state index is 0.0676. The Balaban J connectivity index is 1.49. The highest BCUT2D eigenvalue weighted by molar-refractivity contribution is 5.92. The number of ether oxygens (including phenoxy) is 1. The van der Waals surface area contributed by atoms with Crippen molar-refractivity contribution < 1.29 is 9.53 Å². The highest BCUT2D eigenvalue weighted by Crippen LogP contribution is 2.42. The van der Waals surface area contributed by atoms with E-state index in [-0.39, 0.29) is 11.3 Å². The second kappa shape index (κ2) is 5.51. The number of fused-ring (bicyclic) bond motifs is 1. The molecule has 1 aromatic carbocycles. The van der Waals surface area contributed by atoms with E-state index in [2.05, 4.69) is 22.0 Å². The van der Waals surface area contributed by atoms with Gasteiger partial charge >= 0.3 is 0 Å². The standard InChI is InChI=1S/C19H21N3O2/c1-21(2)18(23)15-7-5-9-17(20-15)22-11-19(12-22)10-14-6-3-4-8-16(14)24-13-19/h3-9H,10-13H2,1-2H3. The monoisotopic (exact) mass is 323 g/mol. The van der Waals surface area contributed by atoms with E-state index in [1.807, 2.05) is 24.3 Å². The SMILES string of the molecule is CN(C)C(=O)c1cccc(N2CC3(COc4ccccc4C3)C2)n1. The number of anilines is 1. The number of para-hydroxylation sites is 1. The number of nitrogens with zero attached hydrogens (tertiary/aromatic N) is 3. The normalized spacial score (nSPS) is 17.7. The van der Waals surface area contributed by atoms with Crippen molar-refractivity contribution in [2.75, 3.05) is 38.7 Å². The van der Waals surface area contributed by atoms with Crippen LogP contribution in [0, 0.1) is 5.41 Å². The van der Waals surface area contributed by atoms with Crippen LogP contribution in [0.1, 0.15) is 16.1 Å². The molecule has 4 rings (SSSR count). The highest BCUT2D eigenvalue weighted by Gasteiger charge is 2.46. The third kappa shape index (κ3) is 2.50. The summed E-state index contributed by atoms with van der Waals surface area (Å²) in [5, 5.41) is 0. The van der Waals surface area contributed by atoms with Crippen LogP contribution in [-0.4, -0.2) is 49.6 Å². The summed E-state index contributed by atoms with van der Waals surface area (Å²) >= 11 is 0. The maximum atomic E-state index is 12.1.